The maximum atomic E-state index is 5.75. The first-order valence-corrected chi connectivity index (χ1v) is 7.14. The average molecular weight is 285 g/mol. The first-order chi connectivity index (χ1) is 10.2. The van der Waals surface area contributed by atoms with E-state index in [1.807, 2.05) is 24.3 Å². The second-order valence-electron chi connectivity index (χ2n) is 5.15. The number of hydrogen-bond donors (Lipinski definition) is 0. The van der Waals surface area contributed by atoms with Crippen molar-refractivity contribution >= 4 is 0 Å². The van der Waals surface area contributed by atoms with Crippen molar-refractivity contribution in [2.75, 3.05) is 27.3 Å². The fourth-order valence-corrected chi connectivity index (χ4v) is 2.67. The van der Waals surface area contributed by atoms with E-state index < -0.39 is 0 Å². The van der Waals surface area contributed by atoms with Crippen LogP contribution in [-0.4, -0.2) is 32.2 Å². The minimum atomic E-state index is 0.317. The summed E-state index contributed by atoms with van der Waals surface area (Å²) in [5, 5.41) is 0. The smallest absolute Gasteiger partial charge is 0.124 e. The zero-order valence-corrected chi connectivity index (χ0v) is 12.8. The van der Waals surface area contributed by atoms with E-state index in [0.717, 1.165) is 36.6 Å². The zero-order chi connectivity index (χ0) is 15.2. The van der Waals surface area contributed by atoms with Crippen molar-refractivity contribution in [1.82, 2.24) is 4.90 Å². The number of nitrogens with zero attached hydrogens (tertiary/aromatic N) is 1. The molecule has 0 N–H and O–H groups in total. The molecule has 0 amide bonds. The van der Waals surface area contributed by atoms with Crippen LogP contribution in [0.3, 0.4) is 0 Å². The number of likely N-dealkylation sites (N-methyl/N-ethyl adjacent to an activating group) is 1. The van der Waals surface area contributed by atoms with Crippen LogP contribution in [0, 0.1) is 0 Å². The molecule has 0 aromatic heterocycles. The predicted molar refractivity (Wildman–Crippen MR) is 87.0 cm³/mol. The Morgan fingerprint density at radius 3 is 2.95 bits per heavy atom. The highest BCUT2D eigenvalue weighted by Gasteiger charge is 2.25. The average Bonchev–Trinajstić information content (AvgIpc) is 2.53. The molecular formula is C18H23NO2. The van der Waals surface area contributed by atoms with Crippen molar-refractivity contribution < 1.29 is 9.47 Å². The molecule has 3 nitrogen and oxygen atoms in total. The lowest BCUT2D eigenvalue weighted by Gasteiger charge is -2.33. The van der Waals surface area contributed by atoms with E-state index in [9.17, 15) is 0 Å². The fourth-order valence-electron chi connectivity index (χ4n) is 2.67. The normalized spacial score (nSPS) is 17.9. The highest BCUT2D eigenvalue weighted by atomic mass is 16.5. The second kappa shape index (κ2) is 7.14. The lowest BCUT2D eigenvalue weighted by molar-refractivity contribution is 0.175. The SMILES string of the molecule is C=C/C=C(\C=C)CN(C)C1CCOc2ccc(OC)cc21. The Morgan fingerprint density at radius 2 is 2.29 bits per heavy atom. The number of hydrogen-bond acceptors (Lipinski definition) is 3. The molecule has 0 bridgehead atoms. The monoisotopic (exact) mass is 285 g/mol. The summed E-state index contributed by atoms with van der Waals surface area (Å²) >= 11 is 0. The maximum absolute atomic E-state index is 5.75. The molecule has 1 atom stereocenters. The third-order valence-electron chi connectivity index (χ3n) is 3.78. The highest BCUT2D eigenvalue weighted by Crippen LogP contribution is 2.37. The number of fused-ring (bicyclic) bond motifs is 1. The van der Waals surface area contributed by atoms with Crippen LogP contribution in [0.4, 0.5) is 0 Å². The van der Waals surface area contributed by atoms with Crippen molar-refractivity contribution in [2.45, 2.75) is 12.5 Å². The summed E-state index contributed by atoms with van der Waals surface area (Å²) in [6, 6.07) is 6.31. The van der Waals surface area contributed by atoms with E-state index in [1.165, 1.54) is 5.56 Å². The van der Waals surface area contributed by atoms with Crippen LogP contribution in [0.25, 0.3) is 0 Å². The van der Waals surface area contributed by atoms with Crippen LogP contribution in [0.15, 0.2) is 55.2 Å². The van der Waals surface area contributed by atoms with Crippen molar-refractivity contribution in [3.8, 4) is 11.5 Å². The van der Waals surface area contributed by atoms with Gasteiger partial charge in [0, 0.05) is 24.6 Å². The van der Waals surface area contributed by atoms with E-state index >= 15 is 0 Å². The maximum Gasteiger partial charge on any atom is 0.124 e. The number of methoxy groups -OCH3 is 1. The van der Waals surface area contributed by atoms with Gasteiger partial charge in [0.15, 0.2) is 0 Å². The molecule has 1 unspecified atom stereocenters. The van der Waals surface area contributed by atoms with Gasteiger partial charge in [-0.15, -0.1) is 0 Å². The van der Waals surface area contributed by atoms with Crippen molar-refractivity contribution in [1.29, 1.82) is 0 Å². The molecule has 0 radical (unpaired) electrons. The molecule has 0 aliphatic carbocycles. The van der Waals surface area contributed by atoms with E-state index in [2.05, 4.69) is 31.2 Å². The summed E-state index contributed by atoms with van der Waals surface area (Å²) in [6.07, 6.45) is 6.64. The van der Waals surface area contributed by atoms with E-state index in [4.69, 9.17) is 9.47 Å². The molecule has 0 saturated carbocycles. The molecule has 112 valence electrons. The van der Waals surface area contributed by atoms with Gasteiger partial charge in [-0.25, -0.2) is 0 Å². The summed E-state index contributed by atoms with van der Waals surface area (Å²) < 4.78 is 11.1. The lowest BCUT2D eigenvalue weighted by atomic mass is 9.98. The summed E-state index contributed by atoms with van der Waals surface area (Å²) in [4.78, 5) is 2.32. The van der Waals surface area contributed by atoms with E-state index in [0.29, 0.717) is 6.04 Å². The summed E-state index contributed by atoms with van der Waals surface area (Å²) in [5.74, 6) is 1.81. The molecule has 1 heterocycles. The van der Waals surface area contributed by atoms with Crippen LogP contribution in [0.2, 0.25) is 0 Å². The number of benzene rings is 1. The largest absolute Gasteiger partial charge is 0.497 e. The van der Waals surface area contributed by atoms with E-state index in [1.54, 1.807) is 13.2 Å². The predicted octanol–water partition coefficient (Wildman–Crippen LogP) is 3.75. The third kappa shape index (κ3) is 3.56. The number of allylic oxidation sites excluding steroid dienone is 2. The quantitative estimate of drug-likeness (QED) is 0.743. The topological polar surface area (TPSA) is 21.7 Å². The first-order valence-electron chi connectivity index (χ1n) is 7.14. The van der Waals surface area contributed by atoms with Crippen LogP contribution in [0.1, 0.15) is 18.0 Å². The molecule has 21 heavy (non-hydrogen) atoms. The van der Waals surface area contributed by atoms with Gasteiger partial charge in [0.05, 0.1) is 13.7 Å². The van der Waals surface area contributed by atoms with Crippen LogP contribution >= 0.6 is 0 Å². The van der Waals surface area contributed by atoms with Gasteiger partial charge in [0.25, 0.3) is 0 Å². The molecule has 1 aliphatic heterocycles. The highest BCUT2D eigenvalue weighted by molar-refractivity contribution is 5.43. The molecule has 3 heteroatoms. The molecule has 2 rings (SSSR count). The van der Waals surface area contributed by atoms with Crippen molar-refractivity contribution in [3.05, 3.63) is 60.7 Å². The van der Waals surface area contributed by atoms with Gasteiger partial charge in [-0.2, -0.15) is 0 Å². The Kier molecular flexibility index (Phi) is 5.23. The number of rotatable bonds is 6. The Hall–Kier alpha value is -2.00. The Labute approximate surface area is 127 Å². The van der Waals surface area contributed by atoms with Gasteiger partial charge in [-0.05, 0) is 30.8 Å². The fraction of sp³-hybridized carbons (Fsp3) is 0.333. The van der Waals surface area contributed by atoms with E-state index in [-0.39, 0.29) is 0 Å². The molecule has 0 spiro atoms. The molecule has 0 saturated heterocycles. The van der Waals surface area contributed by atoms with Crippen LogP contribution in [0.5, 0.6) is 11.5 Å². The Morgan fingerprint density at radius 1 is 1.48 bits per heavy atom. The lowest BCUT2D eigenvalue weighted by Crippen LogP contribution is -2.30. The van der Waals surface area contributed by atoms with Gasteiger partial charge in [-0.3, -0.25) is 4.90 Å². The van der Waals surface area contributed by atoms with Gasteiger partial charge in [0.2, 0.25) is 0 Å². The first kappa shape index (κ1) is 15.4. The van der Waals surface area contributed by atoms with Gasteiger partial charge < -0.3 is 9.47 Å². The minimum absolute atomic E-state index is 0.317. The zero-order valence-electron chi connectivity index (χ0n) is 12.8. The van der Waals surface area contributed by atoms with Gasteiger partial charge in [-0.1, -0.05) is 31.4 Å². The standard InChI is InChI=1S/C18H23NO2/c1-5-7-14(6-2)13-19(3)17-10-11-21-18-9-8-15(20-4)12-16(17)18/h5-9,12,17H,1-2,10-11,13H2,3-4H3/b14-7+. The molecule has 1 aliphatic rings. The Bertz CT molecular complexity index is 548. The second-order valence-corrected chi connectivity index (χ2v) is 5.15. The minimum Gasteiger partial charge on any atom is -0.497 e. The molecule has 1 aromatic rings. The van der Waals surface area contributed by atoms with Crippen molar-refractivity contribution in [3.63, 3.8) is 0 Å². The van der Waals surface area contributed by atoms with Crippen LogP contribution < -0.4 is 9.47 Å². The van der Waals surface area contributed by atoms with Crippen LogP contribution in [-0.2, 0) is 0 Å². The summed E-state index contributed by atoms with van der Waals surface area (Å²) in [6.45, 7) is 9.18. The van der Waals surface area contributed by atoms with Gasteiger partial charge in [0.1, 0.15) is 11.5 Å². The molecular weight excluding hydrogens is 262 g/mol. The number of ether oxygens (including phenoxy) is 2. The third-order valence-corrected chi connectivity index (χ3v) is 3.78. The molecule has 1 aromatic carbocycles. The summed E-state index contributed by atoms with van der Waals surface area (Å²) in [7, 11) is 3.81. The summed E-state index contributed by atoms with van der Waals surface area (Å²) in [5.41, 5.74) is 2.34. The Balaban J connectivity index is 2.23. The van der Waals surface area contributed by atoms with Crippen molar-refractivity contribution in [2.24, 2.45) is 0 Å². The van der Waals surface area contributed by atoms with Gasteiger partial charge >= 0.3 is 0 Å². The molecule has 0 fully saturated rings.